The number of ether oxygens (including phenoxy) is 3. The van der Waals surface area contributed by atoms with Crippen molar-refractivity contribution < 1.29 is 28.6 Å². The molecule has 0 saturated carbocycles. The smallest absolute Gasteiger partial charge is 0.354 e. The third-order valence-electron chi connectivity index (χ3n) is 2.88. The summed E-state index contributed by atoms with van der Waals surface area (Å²) in [5.74, 6) is -2.95. The molecule has 118 valence electrons. The summed E-state index contributed by atoms with van der Waals surface area (Å²) in [6.07, 6.45) is 8.58. The molecule has 7 nitrogen and oxygen atoms in total. The molecule has 0 unspecified atom stereocenters. The minimum Gasteiger partial charge on any atom is -0.465 e. The first-order chi connectivity index (χ1) is 10.5. The first kappa shape index (κ1) is 17.2. The molecule has 2 N–H and O–H groups in total. The lowest BCUT2D eigenvalue weighted by molar-refractivity contribution is -0.140. The fourth-order valence-corrected chi connectivity index (χ4v) is 1.80. The highest BCUT2D eigenvalue weighted by molar-refractivity contribution is 6.11. The molecule has 0 radical (unpaired) electrons. The van der Waals surface area contributed by atoms with Crippen LogP contribution in [0.25, 0.3) is 0 Å². The van der Waals surface area contributed by atoms with E-state index in [-0.39, 0.29) is 11.5 Å². The van der Waals surface area contributed by atoms with Gasteiger partial charge in [0, 0.05) is 5.92 Å². The lowest BCUT2D eigenvalue weighted by atomic mass is 9.98. The van der Waals surface area contributed by atoms with Gasteiger partial charge in [0.05, 0.1) is 26.9 Å². The molecule has 0 aromatic carbocycles. The molecule has 0 bridgehead atoms. The first-order valence-electron chi connectivity index (χ1n) is 6.28. The molecule has 0 aromatic rings. The summed E-state index contributed by atoms with van der Waals surface area (Å²) in [7, 11) is 3.37. The second-order valence-corrected chi connectivity index (χ2v) is 4.19. The van der Waals surface area contributed by atoms with E-state index in [9.17, 15) is 14.4 Å². The topological polar surface area (TPSA) is 105 Å². The van der Waals surface area contributed by atoms with E-state index in [2.05, 4.69) is 14.2 Å². The van der Waals surface area contributed by atoms with Crippen LogP contribution in [-0.2, 0) is 28.6 Å². The van der Waals surface area contributed by atoms with Gasteiger partial charge in [0.1, 0.15) is 11.3 Å². The van der Waals surface area contributed by atoms with Gasteiger partial charge in [-0.05, 0) is 0 Å². The average Bonchev–Trinajstić information content (AvgIpc) is 3.05. The number of hydrogen-bond donors (Lipinski definition) is 1. The van der Waals surface area contributed by atoms with Gasteiger partial charge in [0.2, 0.25) is 0 Å². The molecule has 0 atom stereocenters. The molecular formula is C15H17NO6. The number of allylic oxidation sites excluding steroid dienone is 5. The van der Waals surface area contributed by atoms with E-state index in [0.29, 0.717) is 0 Å². The minimum absolute atomic E-state index is 0.168. The predicted molar refractivity (Wildman–Crippen MR) is 77.1 cm³/mol. The van der Waals surface area contributed by atoms with E-state index < -0.39 is 29.2 Å². The highest BCUT2D eigenvalue weighted by atomic mass is 16.5. The van der Waals surface area contributed by atoms with Crippen molar-refractivity contribution in [2.24, 2.45) is 11.7 Å². The maximum Gasteiger partial charge on any atom is 0.354 e. The third kappa shape index (κ3) is 3.85. The predicted octanol–water partition coefficient (Wildman–Crippen LogP) is 0.387. The lowest BCUT2D eigenvalue weighted by Gasteiger charge is -2.12. The molecule has 0 fully saturated rings. The maximum atomic E-state index is 12.0. The monoisotopic (exact) mass is 307 g/mol. The Labute approximate surface area is 127 Å². The van der Waals surface area contributed by atoms with Gasteiger partial charge in [-0.3, -0.25) is 0 Å². The Balaban J connectivity index is 3.47. The Morgan fingerprint density at radius 1 is 0.909 bits per heavy atom. The summed E-state index contributed by atoms with van der Waals surface area (Å²) in [5, 5.41) is 0. The second kappa shape index (κ2) is 7.82. The van der Waals surface area contributed by atoms with Gasteiger partial charge in [-0.25, -0.2) is 14.4 Å². The normalized spacial score (nSPS) is 15.3. The third-order valence-corrected chi connectivity index (χ3v) is 2.88. The van der Waals surface area contributed by atoms with Gasteiger partial charge in [0.25, 0.3) is 0 Å². The number of esters is 3. The van der Waals surface area contributed by atoms with Crippen LogP contribution in [0.15, 0.2) is 47.2 Å². The van der Waals surface area contributed by atoms with E-state index in [4.69, 9.17) is 5.73 Å². The van der Waals surface area contributed by atoms with Gasteiger partial charge in [0.15, 0.2) is 0 Å². The highest BCUT2D eigenvalue weighted by Crippen LogP contribution is 2.22. The molecule has 7 heteroatoms. The SMILES string of the molecule is COC(=O)C(=C\C1C=CC=C1)/C(C(=O)OC)=C(/N)C(=O)OC. The van der Waals surface area contributed by atoms with E-state index in [1.54, 1.807) is 24.3 Å². The van der Waals surface area contributed by atoms with Gasteiger partial charge in [-0.1, -0.05) is 30.4 Å². The van der Waals surface area contributed by atoms with Crippen LogP contribution in [0.5, 0.6) is 0 Å². The Hall–Kier alpha value is -2.83. The van der Waals surface area contributed by atoms with Crippen molar-refractivity contribution in [1.82, 2.24) is 0 Å². The van der Waals surface area contributed by atoms with E-state index in [1.807, 2.05) is 0 Å². The second-order valence-electron chi connectivity index (χ2n) is 4.19. The van der Waals surface area contributed by atoms with Gasteiger partial charge >= 0.3 is 17.9 Å². The minimum atomic E-state index is -0.951. The molecule has 0 saturated heterocycles. The van der Waals surface area contributed by atoms with E-state index in [1.165, 1.54) is 6.08 Å². The van der Waals surface area contributed by atoms with Crippen LogP contribution in [0.4, 0.5) is 0 Å². The van der Waals surface area contributed by atoms with Crippen LogP contribution in [0.3, 0.4) is 0 Å². The quantitative estimate of drug-likeness (QED) is 0.339. The number of carbonyl (C=O) groups is 3. The molecule has 0 heterocycles. The van der Waals surface area contributed by atoms with E-state index >= 15 is 0 Å². The number of hydrogen-bond acceptors (Lipinski definition) is 7. The standard InChI is InChI=1S/C15H17NO6/c1-20-13(17)10(8-9-6-4-5-7-9)11(14(18)21-2)12(16)15(19)22-3/h4-9H,16H2,1-3H3/b10-8-,12-11-. The molecule has 0 aliphatic heterocycles. The van der Waals surface area contributed by atoms with Crippen molar-refractivity contribution in [3.63, 3.8) is 0 Å². The van der Waals surface area contributed by atoms with Crippen molar-refractivity contribution in [3.05, 3.63) is 47.2 Å². The van der Waals surface area contributed by atoms with Crippen molar-refractivity contribution >= 4 is 17.9 Å². The van der Waals surface area contributed by atoms with Gasteiger partial charge in [-0.15, -0.1) is 0 Å². The molecule has 0 spiro atoms. The van der Waals surface area contributed by atoms with E-state index in [0.717, 1.165) is 21.3 Å². The summed E-state index contributed by atoms with van der Waals surface area (Å²) in [4.78, 5) is 35.6. The zero-order valence-electron chi connectivity index (χ0n) is 12.5. The summed E-state index contributed by atoms with van der Waals surface area (Å²) < 4.78 is 13.7. The van der Waals surface area contributed by atoms with Crippen molar-refractivity contribution in [2.45, 2.75) is 0 Å². The van der Waals surface area contributed by atoms with Gasteiger partial charge in [-0.2, -0.15) is 0 Å². The summed E-state index contributed by atoms with van der Waals surface area (Å²) in [5.41, 5.74) is 4.54. The zero-order chi connectivity index (χ0) is 16.7. The molecule has 1 aliphatic rings. The molecule has 0 amide bonds. The molecule has 1 aliphatic carbocycles. The van der Waals surface area contributed by atoms with Crippen LogP contribution in [0.1, 0.15) is 0 Å². The number of nitrogens with two attached hydrogens (primary N) is 1. The Morgan fingerprint density at radius 3 is 1.86 bits per heavy atom. The lowest BCUT2D eigenvalue weighted by Crippen LogP contribution is -2.25. The largest absolute Gasteiger partial charge is 0.465 e. The van der Waals surface area contributed by atoms with Crippen LogP contribution in [-0.4, -0.2) is 39.2 Å². The fourth-order valence-electron chi connectivity index (χ4n) is 1.80. The van der Waals surface area contributed by atoms with Crippen LogP contribution < -0.4 is 5.73 Å². The number of carbonyl (C=O) groups excluding carboxylic acids is 3. The van der Waals surface area contributed by atoms with Crippen molar-refractivity contribution in [3.8, 4) is 0 Å². The molecular weight excluding hydrogens is 290 g/mol. The Kier molecular flexibility index (Phi) is 6.12. The number of rotatable bonds is 5. The highest BCUT2D eigenvalue weighted by Gasteiger charge is 2.29. The number of methoxy groups -OCH3 is 3. The average molecular weight is 307 g/mol. The molecule has 22 heavy (non-hydrogen) atoms. The van der Waals surface area contributed by atoms with Crippen molar-refractivity contribution in [1.29, 1.82) is 0 Å². The maximum absolute atomic E-state index is 12.0. The van der Waals surface area contributed by atoms with Crippen LogP contribution >= 0.6 is 0 Å². The first-order valence-corrected chi connectivity index (χ1v) is 6.28. The molecule has 0 aromatic heterocycles. The summed E-state index contributed by atoms with van der Waals surface area (Å²) in [6.45, 7) is 0. The van der Waals surface area contributed by atoms with Crippen LogP contribution in [0, 0.1) is 5.92 Å². The fraction of sp³-hybridized carbons (Fsp3) is 0.267. The van der Waals surface area contributed by atoms with Crippen molar-refractivity contribution in [2.75, 3.05) is 21.3 Å². The Bertz CT molecular complexity index is 585. The Morgan fingerprint density at radius 2 is 1.41 bits per heavy atom. The van der Waals surface area contributed by atoms with Gasteiger partial charge < -0.3 is 19.9 Å². The summed E-state index contributed by atoms with van der Waals surface area (Å²) >= 11 is 0. The van der Waals surface area contributed by atoms with Crippen LogP contribution in [0.2, 0.25) is 0 Å². The summed E-state index contributed by atoms with van der Waals surface area (Å²) in [6, 6.07) is 0. The molecule has 1 rings (SSSR count). The zero-order valence-corrected chi connectivity index (χ0v) is 12.5.